The van der Waals surface area contributed by atoms with E-state index in [9.17, 15) is 4.79 Å². The zero-order valence-electron chi connectivity index (χ0n) is 15.5. The zero-order chi connectivity index (χ0) is 19.2. The highest BCUT2D eigenvalue weighted by molar-refractivity contribution is 5.94. The number of nitrogens with zero attached hydrogens (tertiary/aromatic N) is 2. The Bertz CT molecular complexity index is 876. The van der Waals surface area contributed by atoms with E-state index in [0.29, 0.717) is 11.5 Å². The van der Waals surface area contributed by atoms with Gasteiger partial charge in [0.25, 0.3) is 5.91 Å². The predicted molar refractivity (Wildman–Crippen MR) is 103 cm³/mol. The van der Waals surface area contributed by atoms with Gasteiger partial charge in [-0.3, -0.25) is 4.79 Å². The van der Waals surface area contributed by atoms with E-state index in [2.05, 4.69) is 27.6 Å². The second kappa shape index (κ2) is 8.77. The number of carbonyl (C=O) groups excluding carboxylic acids is 1. The molecular weight excluding hydrogens is 356 g/mol. The molecular formula is C21H23N4O3+. The highest BCUT2D eigenvalue weighted by Gasteiger charge is 2.23. The summed E-state index contributed by atoms with van der Waals surface area (Å²) in [5, 5.41) is 10.8. The van der Waals surface area contributed by atoms with Gasteiger partial charge in [0, 0.05) is 11.1 Å². The van der Waals surface area contributed by atoms with Crippen LogP contribution in [0.1, 0.15) is 22.0 Å². The molecule has 1 fully saturated rings. The lowest BCUT2D eigenvalue weighted by atomic mass is 10.0. The molecule has 0 spiro atoms. The van der Waals surface area contributed by atoms with Crippen LogP contribution < -0.4 is 10.2 Å². The van der Waals surface area contributed by atoms with E-state index in [-0.39, 0.29) is 11.9 Å². The Labute approximate surface area is 163 Å². The first-order chi connectivity index (χ1) is 13.8. The molecule has 0 unspecified atom stereocenters. The Hall–Kier alpha value is -3.03. The van der Waals surface area contributed by atoms with Crippen molar-refractivity contribution in [2.75, 3.05) is 32.8 Å². The predicted octanol–water partition coefficient (Wildman–Crippen LogP) is 1.12. The highest BCUT2D eigenvalue weighted by atomic mass is 16.5. The van der Waals surface area contributed by atoms with Crippen LogP contribution in [0.5, 0.6) is 0 Å². The normalized spacial score (nSPS) is 15.9. The Balaban J connectivity index is 1.48. The standard InChI is InChI=1S/C21H22N4O3/c26-20(17-6-8-18(9-7-17)21-24-22-15-28-21)23-19(16-4-2-1-3-5-16)14-25-10-12-27-13-11-25/h1-9,15,19H,10-14H2,(H,23,26)/p+1/t19-/m0/s1. The number of nitrogens with one attached hydrogen (secondary N) is 2. The minimum Gasteiger partial charge on any atom is -0.423 e. The number of hydrogen-bond donors (Lipinski definition) is 2. The lowest BCUT2D eigenvalue weighted by molar-refractivity contribution is -0.909. The Morgan fingerprint density at radius 1 is 1.07 bits per heavy atom. The summed E-state index contributed by atoms with van der Waals surface area (Å²) in [6.45, 7) is 4.28. The molecule has 4 rings (SSSR count). The summed E-state index contributed by atoms with van der Waals surface area (Å²) in [4.78, 5) is 14.3. The van der Waals surface area contributed by atoms with Gasteiger partial charge in [0.05, 0.1) is 13.2 Å². The van der Waals surface area contributed by atoms with Crippen LogP contribution in [-0.4, -0.2) is 49.0 Å². The van der Waals surface area contributed by atoms with E-state index in [0.717, 1.165) is 44.0 Å². The van der Waals surface area contributed by atoms with Gasteiger partial charge in [-0.05, 0) is 29.8 Å². The number of morpholine rings is 1. The third-order valence-electron chi connectivity index (χ3n) is 4.95. The van der Waals surface area contributed by atoms with Gasteiger partial charge in [-0.25, -0.2) is 0 Å². The first kappa shape index (κ1) is 18.3. The minimum absolute atomic E-state index is 0.0579. The number of rotatable bonds is 6. The first-order valence-corrected chi connectivity index (χ1v) is 9.43. The average molecular weight is 379 g/mol. The van der Waals surface area contributed by atoms with E-state index in [1.54, 1.807) is 12.1 Å². The molecule has 28 heavy (non-hydrogen) atoms. The molecule has 144 valence electrons. The van der Waals surface area contributed by atoms with Crippen molar-refractivity contribution in [1.82, 2.24) is 15.5 Å². The molecule has 7 nitrogen and oxygen atoms in total. The van der Waals surface area contributed by atoms with Crippen molar-refractivity contribution < 1.29 is 18.8 Å². The van der Waals surface area contributed by atoms with Gasteiger partial charge in [0.15, 0.2) is 0 Å². The van der Waals surface area contributed by atoms with E-state index in [4.69, 9.17) is 9.15 Å². The smallest absolute Gasteiger partial charge is 0.251 e. The number of ether oxygens (including phenoxy) is 1. The number of amides is 1. The molecule has 7 heteroatoms. The maximum Gasteiger partial charge on any atom is 0.251 e. The molecule has 0 saturated carbocycles. The van der Waals surface area contributed by atoms with Crippen molar-refractivity contribution in [2.24, 2.45) is 0 Å². The average Bonchev–Trinajstić information content (AvgIpc) is 3.30. The van der Waals surface area contributed by atoms with Crippen molar-refractivity contribution in [3.8, 4) is 11.5 Å². The van der Waals surface area contributed by atoms with Crippen LogP contribution in [0.15, 0.2) is 65.4 Å². The molecule has 2 N–H and O–H groups in total. The number of carbonyl (C=O) groups is 1. The number of aromatic nitrogens is 2. The van der Waals surface area contributed by atoms with E-state index < -0.39 is 0 Å². The summed E-state index contributed by atoms with van der Waals surface area (Å²) >= 11 is 0. The van der Waals surface area contributed by atoms with Crippen molar-refractivity contribution in [3.05, 3.63) is 72.1 Å². The lowest BCUT2D eigenvalue weighted by Crippen LogP contribution is -3.14. The van der Waals surface area contributed by atoms with Gasteiger partial charge >= 0.3 is 0 Å². The molecule has 1 aliphatic heterocycles. The molecule has 1 aromatic heterocycles. The lowest BCUT2D eigenvalue weighted by Gasteiger charge is -2.28. The summed E-state index contributed by atoms with van der Waals surface area (Å²) < 4.78 is 10.6. The maximum atomic E-state index is 12.9. The second-order valence-corrected chi connectivity index (χ2v) is 6.82. The summed E-state index contributed by atoms with van der Waals surface area (Å²) in [7, 11) is 0. The third-order valence-corrected chi connectivity index (χ3v) is 4.95. The van der Waals surface area contributed by atoms with Crippen molar-refractivity contribution in [2.45, 2.75) is 6.04 Å². The second-order valence-electron chi connectivity index (χ2n) is 6.82. The molecule has 1 aliphatic rings. The van der Waals surface area contributed by atoms with Crippen LogP contribution >= 0.6 is 0 Å². The van der Waals surface area contributed by atoms with E-state index in [1.807, 2.05) is 30.3 Å². The molecule has 1 amide bonds. The topological polar surface area (TPSA) is 81.7 Å². The van der Waals surface area contributed by atoms with Crippen molar-refractivity contribution in [1.29, 1.82) is 0 Å². The van der Waals surface area contributed by atoms with Crippen LogP contribution in [0.3, 0.4) is 0 Å². The SMILES string of the molecule is O=C(N[C@@H](C[NH+]1CCOCC1)c1ccccc1)c1ccc(-c2nnco2)cc1. The van der Waals surface area contributed by atoms with Crippen LogP contribution in [0.4, 0.5) is 0 Å². The fourth-order valence-corrected chi connectivity index (χ4v) is 3.40. The molecule has 0 bridgehead atoms. The Morgan fingerprint density at radius 2 is 1.82 bits per heavy atom. The van der Waals surface area contributed by atoms with Gasteiger partial charge in [0.1, 0.15) is 25.7 Å². The van der Waals surface area contributed by atoms with Crippen LogP contribution in [0, 0.1) is 0 Å². The molecule has 3 aromatic rings. The monoisotopic (exact) mass is 379 g/mol. The molecule has 2 heterocycles. The summed E-state index contributed by atoms with van der Waals surface area (Å²) in [6, 6.07) is 17.2. The molecule has 0 radical (unpaired) electrons. The molecule has 0 aliphatic carbocycles. The Kier molecular flexibility index (Phi) is 5.75. The highest BCUT2D eigenvalue weighted by Crippen LogP contribution is 2.17. The minimum atomic E-state index is -0.0985. The molecule has 1 saturated heterocycles. The summed E-state index contributed by atoms with van der Waals surface area (Å²) in [5.41, 5.74) is 2.49. The van der Waals surface area contributed by atoms with Crippen molar-refractivity contribution >= 4 is 5.91 Å². The van der Waals surface area contributed by atoms with Crippen LogP contribution in [-0.2, 0) is 4.74 Å². The quantitative estimate of drug-likeness (QED) is 0.671. The summed E-state index contributed by atoms with van der Waals surface area (Å²) in [5.74, 6) is 0.337. The maximum absolute atomic E-state index is 12.9. The molecule has 2 aromatic carbocycles. The van der Waals surface area contributed by atoms with Gasteiger partial charge in [-0.1, -0.05) is 30.3 Å². The van der Waals surface area contributed by atoms with Gasteiger partial charge in [0.2, 0.25) is 12.3 Å². The fourth-order valence-electron chi connectivity index (χ4n) is 3.40. The van der Waals surface area contributed by atoms with Gasteiger partial charge in [-0.15, -0.1) is 10.2 Å². The number of quaternary nitrogens is 1. The third kappa shape index (κ3) is 4.44. The Morgan fingerprint density at radius 3 is 2.50 bits per heavy atom. The van der Waals surface area contributed by atoms with E-state index in [1.165, 1.54) is 11.3 Å². The number of benzene rings is 2. The van der Waals surface area contributed by atoms with Gasteiger partial charge < -0.3 is 19.4 Å². The zero-order valence-corrected chi connectivity index (χ0v) is 15.5. The van der Waals surface area contributed by atoms with Crippen molar-refractivity contribution in [3.63, 3.8) is 0 Å². The van der Waals surface area contributed by atoms with Crippen LogP contribution in [0.2, 0.25) is 0 Å². The summed E-state index contributed by atoms with van der Waals surface area (Å²) in [6.07, 6.45) is 1.29. The molecule has 1 atom stereocenters. The first-order valence-electron chi connectivity index (χ1n) is 9.43. The van der Waals surface area contributed by atoms with E-state index >= 15 is 0 Å². The van der Waals surface area contributed by atoms with Gasteiger partial charge in [-0.2, -0.15) is 0 Å². The fraction of sp³-hybridized carbons (Fsp3) is 0.286. The number of hydrogen-bond acceptors (Lipinski definition) is 5. The largest absolute Gasteiger partial charge is 0.423 e. The van der Waals surface area contributed by atoms with Crippen LogP contribution in [0.25, 0.3) is 11.5 Å².